The van der Waals surface area contributed by atoms with Gasteiger partial charge in [0.25, 0.3) is 0 Å². The lowest BCUT2D eigenvalue weighted by atomic mass is 10.3. The highest BCUT2D eigenvalue weighted by molar-refractivity contribution is 7.89. The number of sulfonamides is 1. The highest BCUT2D eigenvalue weighted by atomic mass is 35.5. The monoisotopic (exact) mass is 348 g/mol. The number of nitrogens with two attached hydrogens (primary N) is 1. The molecule has 1 aliphatic rings. The second kappa shape index (κ2) is 7.54. The van der Waals surface area contributed by atoms with Crippen LogP contribution in [0.3, 0.4) is 0 Å². The third-order valence-corrected chi connectivity index (χ3v) is 4.79. The Hall–Kier alpha value is -1.68. The van der Waals surface area contributed by atoms with Crippen molar-refractivity contribution in [1.29, 1.82) is 0 Å². The van der Waals surface area contributed by atoms with Crippen molar-refractivity contribution in [3.8, 4) is 0 Å². The molecule has 0 bridgehead atoms. The van der Waals surface area contributed by atoms with Crippen molar-refractivity contribution in [1.82, 2.24) is 9.62 Å². The van der Waals surface area contributed by atoms with Gasteiger partial charge in [0, 0.05) is 18.8 Å². The first kappa shape index (κ1) is 18.4. The summed E-state index contributed by atoms with van der Waals surface area (Å²) < 4.78 is 26.0. The normalized spacial score (nSPS) is 15.6. The van der Waals surface area contributed by atoms with Gasteiger partial charge in [-0.3, -0.25) is 9.59 Å². The summed E-state index contributed by atoms with van der Waals surface area (Å²) in [6.07, 6.45) is 0. The molecule has 0 saturated carbocycles. The number of nitrogens with one attached hydrogen (secondary N) is 2. The van der Waals surface area contributed by atoms with Gasteiger partial charge in [-0.15, -0.1) is 12.4 Å². The SMILES string of the molecule is Cl.NCC(=O)Nc1cccc(S(=O)(=O)N2CCNC(=O)C2)c1. The van der Waals surface area contributed by atoms with Crippen molar-refractivity contribution < 1.29 is 18.0 Å². The zero-order chi connectivity index (χ0) is 15.5. The van der Waals surface area contributed by atoms with E-state index in [9.17, 15) is 18.0 Å². The predicted molar refractivity (Wildman–Crippen MR) is 83.1 cm³/mol. The van der Waals surface area contributed by atoms with Gasteiger partial charge in [-0.05, 0) is 18.2 Å². The number of hydrogen-bond donors (Lipinski definition) is 3. The van der Waals surface area contributed by atoms with Crippen LogP contribution in [0.4, 0.5) is 5.69 Å². The molecule has 2 rings (SSSR count). The molecule has 1 aromatic carbocycles. The summed E-state index contributed by atoms with van der Waals surface area (Å²) in [5.41, 5.74) is 5.53. The maximum Gasteiger partial charge on any atom is 0.243 e. The Labute approximate surface area is 134 Å². The van der Waals surface area contributed by atoms with Gasteiger partial charge < -0.3 is 16.4 Å². The van der Waals surface area contributed by atoms with Gasteiger partial charge in [-0.25, -0.2) is 8.42 Å². The molecule has 1 heterocycles. The van der Waals surface area contributed by atoms with Crippen molar-refractivity contribution in [2.75, 3.05) is 31.5 Å². The van der Waals surface area contributed by atoms with Gasteiger partial charge in [0.2, 0.25) is 21.8 Å². The largest absolute Gasteiger partial charge is 0.354 e. The van der Waals surface area contributed by atoms with Crippen LogP contribution in [-0.2, 0) is 19.6 Å². The molecule has 10 heteroatoms. The van der Waals surface area contributed by atoms with E-state index in [-0.39, 0.29) is 49.4 Å². The summed E-state index contributed by atoms with van der Waals surface area (Å²) in [4.78, 5) is 22.6. The van der Waals surface area contributed by atoms with Crippen LogP contribution < -0.4 is 16.4 Å². The Kier molecular flexibility index (Phi) is 6.30. The minimum atomic E-state index is -3.77. The number of carbonyl (C=O) groups is 2. The number of hydrogen-bond acceptors (Lipinski definition) is 5. The van der Waals surface area contributed by atoms with E-state index in [0.29, 0.717) is 5.69 Å². The van der Waals surface area contributed by atoms with Crippen LogP contribution in [0.5, 0.6) is 0 Å². The van der Waals surface area contributed by atoms with Gasteiger partial charge in [-0.2, -0.15) is 4.31 Å². The Balaban J connectivity index is 0.00000242. The molecule has 0 unspecified atom stereocenters. The van der Waals surface area contributed by atoms with Crippen LogP contribution in [0.2, 0.25) is 0 Å². The van der Waals surface area contributed by atoms with Crippen LogP contribution in [0, 0.1) is 0 Å². The number of halogens is 1. The smallest absolute Gasteiger partial charge is 0.243 e. The molecule has 2 amide bonds. The summed E-state index contributed by atoms with van der Waals surface area (Å²) in [5, 5.41) is 5.05. The van der Waals surface area contributed by atoms with Crippen LogP contribution in [0.25, 0.3) is 0 Å². The minimum absolute atomic E-state index is 0. The molecule has 1 fully saturated rings. The number of rotatable bonds is 4. The van der Waals surface area contributed by atoms with E-state index in [0.717, 1.165) is 4.31 Å². The first-order valence-electron chi connectivity index (χ1n) is 6.30. The lowest BCUT2D eigenvalue weighted by Crippen LogP contribution is -2.49. The summed E-state index contributed by atoms with van der Waals surface area (Å²) in [5.74, 6) is -0.751. The fraction of sp³-hybridized carbons (Fsp3) is 0.333. The molecular weight excluding hydrogens is 332 g/mol. The van der Waals surface area contributed by atoms with Gasteiger partial charge >= 0.3 is 0 Å². The Bertz CT molecular complexity index is 665. The quantitative estimate of drug-likeness (QED) is 0.652. The Morgan fingerprint density at radius 2 is 2.14 bits per heavy atom. The van der Waals surface area contributed by atoms with Crippen molar-refractivity contribution in [2.24, 2.45) is 5.73 Å². The molecule has 0 radical (unpaired) electrons. The van der Waals surface area contributed by atoms with E-state index in [1.165, 1.54) is 18.2 Å². The van der Waals surface area contributed by atoms with E-state index in [2.05, 4.69) is 10.6 Å². The zero-order valence-corrected chi connectivity index (χ0v) is 13.2. The van der Waals surface area contributed by atoms with Crippen LogP contribution in [0.1, 0.15) is 0 Å². The molecular formula is C12H17ClN4O4S. The average molecular weight is 349 g/mol. The molecule has 8 nitrogen and oxygen atoms in total. The second-order valence-corrected chi connectivity index (χ2v) is 6.41. The average Bonchev–Trinajstić information content (AvgIpc) is 2.47. The molecule has 1 saturated heterocycles. The number of nitrogens with zero attached hydrogens (tertiary/aromatic N) is 1. The molecule has 4 N–H and O–H groups in total. The fourth-order valence-corrected chi connectivity index (χ4v) is 3.36. The Morgan fingerprint density at radius 3 is 2.77 bits per heavy atom. The van der Waals surface area contributed by atoms with E-state index < -0.39 is 15.9 Å². The second-order valence-electron chi connectivity index (χ2n) is 4.47. The molecule has 122 valence electrons. The van der Waals surface area contributed by atoms with Crippen LogP contribution in [-0.4, -0.2) is 50.7 Å². The van der Waals surface area contributed by atoms with E-state index >= 15 is 0 Å². The summed E-state index contributed by atoms with van der Waals surface area (Å²) in [6, 6.07) is 5.84. The summed E-state index contributed by atoms with van der Waals surface area (Å²) in [6.45, 7) is 0.0973. The molecule has 1 aromatic rings. The van der Waals surface area contributed by atoms with Gasteiger partial charge in [0.15, 0.2) is 0 Å². The number of anilines is 1. The van der Waals surface area contributed by atoms with E-state index in [1.54, 1.807) is 6.07 Å². The molecule has 0 spiro atoms. The third kappa shape index (κ3) is 4.17. The van der Waals surface area contributed by atoms with Crippen molar-refractivity contribution >= 4 is 39.9 Å². The maximum absolute atomic E-state index is 12.4. The topological polar surface area (TPSA) is 122 Å². The first-order chi connectivity index (χ1) is 9.93. The van der Waals surface area contributed by atoms with Crippen molar-refractivity contribution in [3.05, 3.63) is 24.3 Å². The number of carbonyl (C=O) groups excluding carboxylic acids is 2. The maximum atomic E-state index is 12.4. The van der Waals surface area contributed by atoms with Gasteiger partial charge in [0.05, 0.1) is 18.0 Å². The molecule has 0 aliphatic carbocycles. The third-order valence-electron chi connectivity index (χ3n) is 2.94. The highest BCUT2D eigenvalue weighted by Crippen LogP contribution is 2.20. The number of amides is 2. The lowest BCUT2D eigenvalue weighted by Gasteiger charge is -2.26. The Morgan fingerprint density at radius 1 is 1.41 bits per heavy atom. The number of benzene rings is 1. The molecule has 1 aliphatic heterocycles. The predicted octanol–water partition coefficient (Wildman–Crippen LogP) is -0.874. The van der Waals surface area contributed by atoms with E-state index in [1.807, 2.05) is 0 Å². The molecule has 22 heavy (non-hydrogen) atoms. The fourth-order valence-electron chi connectivity index (χ4n) is 1.92. The van der Waals surface area contributed by atoms with Crippen LogP contribution in [0.15, 0.2) is 29.2 Å². The zero-order valence-electron chi connectivity index (χ0n) is 11.6. The van der Waals surface area contributed by atoms with Gasteiger partial charge in [0.1, 0.15) is 0 Å². The van der Waals surface area contributed by atoms with Crippen molar-refractivity contribution in [2.45, 2.75) is 4.90 Å². The molecule has 0 aromatic heterocycles. The summed E-state index contributed by atoms with van der Waals surface area (Å²) >= 11 is 0. The van der Waals surface area contributed by atoms with Crippen molar-refractivity contribution in [3.63, 3.8) is 0 Å². The first-order valence-corrected chi connectivity index (χ1v) is 7.74. The molecule has 0 atom stereocenters. The van der Waals surface area contributed by atoms with Gasteiger partial charge in [-0.1, -0.05) is 6.07 Å². The minimum Gasteiger partial charge on any atom is -0.354 e. The van der Waals surface area contributed by atoms with Crippen LogP contribution >= 0.6 is 12.4 Å². The summed E-state index contributed by atoms with van der Waals surface area (Å²) in [7, 11) is -3.77. The van der Waals surface area contributed by atoms with E-state index in [4.69, 9.17) is 5.73 Å². The number of piperazine rings is 1. The highest BCUT2D eigenvalue weighted by Gasteiger charge is 2.29. The standard InChI is InChI=1S/C12H16N4O4S.ClH/c13-7-11(17)15-9-2-1-3-10(6-9)21(19,20)16-5-4-14-12(18)8-16;/h1-3,6H,4-5,7-8,13H2,(H,14,18)(H,15,17);1H. The lowest BCUT2D eigenvalue weighted by molar-refractivity contribution is -0.122.